The number of hydrogen-bond acceptors (Lipinski definition) is 19. The van der Waals surface area contributed by atoms with E-state index in [0.29, 0.717) is 36.0 Å². The Bertz CT molecular complexity index is 2770. The van der Waals surface area contributed by atoms with Crippen LogP contribution in [-0.2, 0) is 66.7 Å². The molecule has 6 aliphatic rings. The summed E-state index contributed by atoms with van der Waals surface area (Å²) >= 11 is 6.48. The molecule has 6 saturated heterocycles. The normalized spacial score (nSPS) is 22.2. The van der Waals surface area contributed by atoms with Gasteiger partial charge in [0.15, 0.2) is 0 Å². The molecular weight excluding hydrogens is 1300 g/mol. The maximum atomic E-state index is 12.8. The molecule has 0 aromatic heterocycles. The summed E-state index contributed by atoms with van der Waals surface area (Å²) in [6.07, 6.45) is 0. The molecule has 21 nitrogen and oxygen atoms in total. The number of sulfonamides is 2. The second-order valence-electron chi connectivity index (χ2n) is 23.4. The van der Waals surface area contributed by atoms with Gasteiger partial charge in [0.1, 0.15) is 0 Å². The molecule has 0 amide bonds. The van der Waals surface area contributed by atoms with Gasteiger partial charge in [-0.05, 0) is 170 Å². The van der Waals surface area contributed by atoms with Crippen LogP contribution in [0, 0.1) is 0 Å². The molecule has 6 heterocycles. The van der Waals surface area contributed by atoms with Crippen molar-refractivity contribution in [3.63, 3.8) is 0 Å². The van der Waals surface area contributed by atoms with Crippen molar-refractivity contribution in [3.05, 3.63) is 81.7 Å². The second kappa shape index (κ2) is 31.6. The van der Waals surface area contributed by atoms with Crippen molar-refractivity contribution in [2.75, 3.05) is 99.7 Å². The van der Waals surface area contributed by atoms with Gasteiger partial charge in [-0.1, -0.05) is 44.0 Å². The van der Waals surface area contributed by atoms with Crippen LogP contribution in [0.2, 0.25) is 0 Å². The van der Waals surface area contributed by atoms with E-state index < -0.39 is 61.4 Å². The zero-order valence-corrected chi connectivity index (χ0v) is 59.3. The number of hydrogen-bond donors (Lipinski definition) is 1. The molecule has 0 unspecified atom stereocenters. The van der Waals surface area contributed by atoms with E-state index >= 15 is 0 Å². The molecule has 1 N–H and O–H groups in total. The van der Waals surface area contributed by atoms with Crippen LogP contribution in [0.5, 0.6) is 0 Å². The number of likely N-dealkylation sites (N-methyl/N-ethyl adjacent to an activating group) is 3. The molecule has 0 aliphatic carbocycles. The van der Waals surface area contributed by atoms with E-state index in [1.807, 2.05) is 97.2 Å². The van der Waals surface area contributed by atoms with Crippen molar-refractivity contribution in [3.8, 4) is 0 Å². The van der Waals surface area contributed by atoms with Gasteiger partial charge in [-0.25, -0.2) is 25.3 Å². The maximum Gasteiger partial charge on any atom is 1.00 e. The Labute approximate surface area is 539 Å². The van der Waals surface area contributed by atoms with Crippen LogP contribution < -0.4 is 45.6 Å². The number of nitrogens with one attached hydrogen (secondary N) is 1. The Morgan fingerprint density at radius 1 is 0.494 bits per heavy atom. The molecule has 460 valence electrons. The molecule has 9 rings (SSSR count). The summed E-state index contributed by atoms with van der Waals surface area (Å²) in [4.78, 5) is 18.6. The molecule has 3 aromatic rings. The zero-order chi connectivity index (χ0) is 61.9. The number of carbonyl (C=O) groups excluding carboxylic acids is 1. The number of rotatable bonds is 8. The predicted molar refractivity (Wildman–Crippen MR) is 326 cm³/mol. The van der Waals surface area contributed by atoms with E-state index in [2.05, 4.69) is 63.8 Å². The summed E-state index contributed by atoms with van der Waals surface area (Å²) in [5, 5.41) is 11.7. The monoisotopic (exact) mass is 1380 g/mol. The van der Waals surface area contributed by atoms with Crippen LogP contribution in [-0.4, -0.2) is 209 Å². The van der Waals surface area contributed by atoms with Crippen LogP contribution in [0.4, 0.5) is 0 Å². The van der Waals surface area contributed by atoms with Crippen molar-refractivity contribution < 1.29 is 97.7 Å². The molecule has 0 atom stereocenters. The van der Waals surface area contributed by atoms with Crippen molar-refractivity contribution in [2.24, 2.45) is 0 Å². The third-order valence-corrected chi connectivity index (χ3v) is 21.9. The summed E-state index contributed by atoms with van der Waals surface area (Å²) in [5.74, 6) is 0. The molecule has 31 heteroatoms. The average molecular weight is 1380 g/mol. The van der Waals surface area contributed by atoms with Crippen molar-refractivity contribution in [1.82, 2.24) is 28.6 Å². The first-order chi connectivity index (χ1) is 37.7. The van der Waals surface area contributed by atoms with Crippen molar-refractivity contribution >= 4 is 105 Å². The topological polar surface area (TPSA) is 235 Å². The van der Waals surface area contributed by atoms with Crippen LogP contribution in [0.25, 0.3) is 0 Å². The summed E-state index contributed by atoms with van der Waals surface area (Å²) in [6, 6.07) is 19.8. The Balaban J connectivity index is 0.000000279. The van der Waals surface area contributed by atoms with E-state index in [0.717, 1.165) is 53.7 Å². The van der Waals surface area contributed by atoms with Gasteiger partial charge in [0, 0.05) is 98.2 Å². The summed E-state index contributed by atoms with van der Waals surface area (Å²) in [7, 11) is -0.536. The second-order valence-corrected chi connectivity index (χ2v) is 31.7. The molecule has 0 spiro atoms. The van der Waals surface area contributed by atoms with Gasteiger partial charge in [0.2, 0.25) is 20.0 Å². The van der Waals surface area contributed by atoms with Crippen LogP contribution in [0.15, 0.2) is 96.4 Å². The SMILES string of the molecule is CC1(C)OB(B2OC(C)(C)C(C)(C)O2)OC1(C)C.CN1CCN(S(=O)(=O)c2ccc(B3OC(C)(C)C(C)(C)O3)cc2)CC1.CN1CCN(S(=O)(=O)c2ccc(Br)cc2)CC1.CN1CCNCC1.O=CO[O-].O=S(=O)(Cl)c1ccc(Br)cc1.[Na+]. The van der Waals surface area contributed by atoms with Gasteiger partial charge >= 0.3 is 50.7 Å². The number of nitrogens with zero attached hydrogens (tertiary/aromatic N) is 5. The number of halogens is 3. The number of benzene rings is 3. The summed E-state index contributed by atoms with van der Waals surface area (Å²) < 4.78 is 112. The van der Waals surface area contributed by atoms with Gasteiger partial charge < -0.3 is 58.1 Å². The summed E-state index contributed by atoms with van der Waals surface area (Å²) in [6.45, 7) is 34.0. The molecule has 0 radical (unpaired) electrons. The van der Waals surface area contributed by atoms with Gasteiger partial charge in [-0.2, -0.15) is 8.61 Å². The predicted octanol–water partition coefficient (Wildman–Crippen LogP) is 1.89. The van der Waals surface area contributed by atoms with E-state index in [-0.39, 0.29) is 63.3 Å². The Kier molecular flexibility index (Phi) is 29.0. The minimum absolute atomic E-state index is 0. The Morgan fingerprint density at radius 3 is 1.02 bits per heavy atom. The molecular formula is C52H83B3Br2ClN6NaO15S3. The standard InChI is InChI=1S/C17H27BN2O4S.C12H24B2O4.C11H15BrN2O2S.C6H4BrClO2S.C5H12N2.CH2O3.Na/c1-16(2)17(3,4)24-18(23-16)14-6-8-15(9-7-14)25(21,22)20-12-10-19(5)11-13-20;1-9(2)10(3,4)16-13(15-9)14-17-11(5,6)12(7,8)18-14;1-13-6-8-14(9-7-13)17(15,16)11-4-2-10(12)3-5-11;7-5-1-3-6(4-2-5)11(8,9)10;1-7-4-2-6-3-5-7;2-1-4-3;/h6-9H,10-13H2,1-5H3;1-8H3;2-5H,6-9H2,1H3;1-4H;6H,2-5H2,1H3;1,3H;/q;;;;;;+1/p-1. The fraction of sp³-hybridized carbons (Fsp3) is 0.635. The molecule has 6 aliphatic heterocycles. The number of carbonyl (C=O) groups is 1. The third kappa shape index (κ3) is 21.5. The van der Waals surface area contributed by atoms with Crippen molar-refractivity contribution in [2.45, 2.75) is 131 Å². The number of piperazine rings is 3. The first-order valence-corrected chi connectivity index (χ1v) is 33.6. The fourth-order valence-electron chi connectivity index (χ4n) is 8.11. The first-order valence-electron chi connectivity index (χ1n) is 26.8. The van der Waals surface area contributed by atoms with Crippen LogP contribution in [0.1, 0.15) is 83.1 Å². The van der Waals surface area contributed by atoms with Crippen LogP contribution >= 0.6 is 42.5 Å². The van der Waals surface area contributed by atoms with Gasteiger partial charge in [0.25, 0.3) is 15.5 Å². The van der Waals surface area contributed by atoms with Gasteiger partial charge in [-0.3, -0.25) is 4.79 Å². The Hall–Kier alpha value is -1.10. The Morgan fingerprint density at radius 2 is 0.759 bits per heavy atom. The summed E-state index contributed by atoms with van der Waals surface area (Å²) in [5.41, 5.74) is -1.44. The molecule has 6 fully saturated rings. The minimum Gasteiger partial charge on any atom is -0.662 e. The van der Waals surface area contributed by atoms with E-state index in [1.54, 1.807) is 69.3 Å². The smallest absolute Gasteiger partial charge is 0.662 e. The zero-order valence-electron chi connectivity index (χ0n) is 50.9. The average Bonchev–Trinajstić information content (AvgIpc) is 3.38. The van der Waals surface area contributed by atoms with Gasteiger partial charge in [0.05, 0.1) is 48.3 Å². The largest absolute Gasteiger partial charge is 1.00 e. The first kappa shape index (κ1) is 76.2. The minimum atomic E-state index is -3.57. The van der Waals surface area contributed by atoms with E-state index in [9.17, 15) is 25.3 Å². The van der Waals surface area contributed by atoms with E-state index in [1.165, 1.54) is 25.2 Å². The van der Waals surface area contributed by atoms with Crippen molar-refractivity contribution in [1.29, 1.82) is 0 Å². The molecule has 3 aromatic carbocycles. The maximum absolute atomic E-state index is 12.8. The molecule has 0 saturated carbocycles. The molecule has 0 bridgehead atoms. The molecule has 83 heavy (non-hydrogen) atoms. The van der Waals surface area contributed by atoms with Gasteiger partial charge in [-0.15, -0.1) is 0 Å². The quantitative estimate of drug-likeness (QED) is 0.112. The van der Waals surface area contributed by atoms with Crippen LogP contribution in [0.3, 0.4) is 0 Å². The third-order valence-electron chi connectivity index (χ3n) is 15.7. The fourth-order valence-corrected chi connectivity index (χ4v) is 12.3. The van der Waals surface area contributed by atoms with E-state index in [4.69, 9.17) is 48.7 Å².